The topological polar surface area (TPSA) is 38.3 Å². The lowest BCUT2D eigenvalue weighted by Gasteiger charge is -2.16. The van der Waals surface area contributed by atoms with E-state index in [0.717, 1.165) is 6.07 Å². The van der Waals surface area contributed by atoms with E-state index in [9.17, 15) is 31.1 Å². The zero-order valence-electron chi connectivity index (χ0n) is 12.4. The summed E-state index contributed by atoms with van der Waals surface area (Å²) in [5, 5.41) is 2.14. The Labute approximate surface area is 138 Å². The van der Waals surface area contributed by atoms with Gasteiger partial charge in [0.2, 0.25) is 0 Å². The van der Waals surface area contributed by atoms with E-state index in [4.69, 9.17) is 0 Å². The molecule has 0 heterocycles. The summed E-state index contributed by atoms with van der Waals surface area (Å²) in [6.07, 6.45) is -9.40. The minimum absolute atomic E-state index is 0.127. The number of carbonyl (C=O) groups excluding carboxylic acids is 1. The number of hydrogen-bond acceptors (Lipinski definition) is 2. The van der Waals surface area contributed by atoms with Crippen LogP contribution in [0.2, 0.25) is 0 Å². The molecule has 0 atom stereocenters. The minimum Gasteiger partial charge on any atom is -0.482 e. The molecule has 0 aliphatic carbocycles. The first kappa shape index (κ1) is 18.6. The number of benzene rings is 2. The molecule has 1 N–H and O–H groups in total. The molecule has 134 valence electrons. The van der Waals surface area contributed by atoms with Gasteiger partial charge in [0.25, 0.3) is 5.91 Å². The van der Waals surface area contributed by atoms with E-state index >= 15 is 0 Å². The van der Waals surface area contributed by atoms with Crippen molar-refractivity contribution >= 4 is 11.6 Å². The van der Waals surface area contributed by atoms with Gasteiger partial charge in [-0.1, -0.05) is 18.2 Å². The van der Waals surface area contributed by atoms with Gasteiger partial charge in [0.1, 0.15) is 5.75 Å². The lowest BCUT2D eigenvalue weighted by atomic mass is 10.1. The molecule has 0 spiro atoms. The van der Waals surface area contributed by atoms with E-state index in [1.807, 2.05) is 0 Å². The average molecular weight is 363 g/mol. The number of carbonyl (C=O) groups is 1. The third-order valence-electron chi connectivity index (χ3n) is 2.98. The van der Waals surface area contributed by atoms with Crippen LogP contribution >= 0.6 is 0 Å². The van der Waals surface area contributed by atoms with Crippen molar-refractivity contribution in [1.29, 1.82) is 0 Å². The average Bonchev–Trinajstić information content (AvgIpc) is 2.52. The third kappa shape index (κ3) is 5.40. The van der Waals surface area contributed by atoms with Crippen LogP contribution in [-0.2, 0) is 6.18 Å². The van der Waals surface area contributed by atoms with Crippen molar-refractivity contribution in [2.24, 2.45) is 0 Å². The highest BCUT2D eigenvalue weighted by atomic mass is 19.4. The molecule has 0 unspecified atom stereocenters. The van der Waals surface area contributed by atoms with Gasteiger partial charge in [0.15, 0.2) is 6.61 Å². The fourth-order valence-corrected chi connectivity index (χ4v) is 1.87. The number of amides is 1. The van der Waals surface area contributed by atoms with Crippen molar-refractivity contribution in [3.05, 3.63) is 59.7 Å². The molecule has 1 amide bonds. The second kappa shape index (κ2) is 7.04. The molecular formula is C16H11F6NO2. The monoisotopic (exact) mass is 363 g/mol. The third-order valence-corrected chi connectivity index (χ3v) is 2.98. The van der Waals surface area contributed by atoms with Crippen molar-refractivity contribution in [2.45, 2.75) is 12.4 Å². The Bertz CT molecular complexity index is 741. The molecule has 3 nitrogen and oxygen atoms in total. The summed E-state index contributed by atoms with van der Waals surface area (Å²) in [5.74, 6) is -1.30. The van der Waals surface area contributed by atoms with E-state index in [1.165, 1.54) is 24.3 Å². The molecular weight excluding hydrogens is 352 g/mol. The number of anilines is 1. The molecule has 25 heavy (non-hydrogen) atoms. The molecule has 0 bridgehead atoms. The summed E-state index contributed by atoms with van der Waals surface area (Å²) in [7, 11) is 0. The van der Waals surface area contributed by atoms with Crippen LogP contribution in [-0.4, -0.2) is 18.7 Å². The largest absolute Gasteiger partial charge is 0.482 e. The first-order chi connectivity index (χ1) is 11.6. The smallest absolute Gasteiger partial charge is 0.422 e. The molecule has 2 aromatic carbocycles. The molecule has 0 aromatic heterocycles. The maximum absolute atomic E-state index is 12.8. The van der Waals surface area contributed by atoms with Crippen molar-refractivity contribution in [3.8, 4) is 5.75 Å². The van der Waals surface area contributed by atoms with Crippen LogP contribution in [0.15, 0.2) is 48.5 Å². The predicted molar refractivity (Wildman–Crippen MR) is 77.4 cm³/mol. The Kier molecular flexibility index (Phi) is 5.24. The second-order valence-corrected chi connectivity index (χ2v) is 4.93. The number of hydrogen-bond donors (Lipinski definition) is 1. The van der Waals surface area contributed by atoms with Gasteiger partial charge in [-0.25, -0.2) is 0 Å². The van der Waals surface area contributed by atoms with Gasteiger partial charge in [-0.2, -0.15) is 26.3 Å². The molecule has 0 fully saturated rings. The molecule has 2 rings (SSSR count). The van der Waals surface area contributed by atoms with Crippen LogP contribution in [0.5, 0.6) is 5.75 Å². The quantitative estimate of drug-likeness (QED) is 0.785. The first-order valence-corrected chi connectivity index (χ1v) is 6.83. The van der Waals surface area contributed by atoms with Crippen LogP contribution in [0.3, 0.4) is 0 Å². The fraction of sp³-hybridized carbons (Fsp3) is 0.188. The number of rotatable bonds is 4. The molecule has 9 heteroatoms. The Morgan fingerprint density at radius 1 is 0.960 bits per heavy atom. The summed E-state index contributed by atoms with van der Waals surface area (Å²) in [6, 6.07) is 9.31. The van der Waals surface area contributed by atoms with Crippen molar-refractivity contribution in [2.75, 3.05) is 11.9 Å². The zero-order valence-corrected chi connectivity index (χ0v) is 12.4. The van der Waals surface area contributed by atoms with Gasteiger partial charge in [0, 0.05) is 5.56 Å². The van der Waals surface area contributed by atoms with E-state index in [2.05, 4.69) is 10.1 Å². The van der Waals surface area contributed by atoms with Crippen molar-refractivity contribution in [1.82, 2.24) is 0 Å². The summed E-state index contributed by atoms with van der Waals surface area (Å²) < 4.78 is 79.7. The van der Waals surface area contributed by atoms with Gasteiger partial charge < -0.3 is 10.1 Å². The van der Waals surface area contributed by atoms with Gasteiger partial charge >= 0.3 is 12.4 Å². The standard InChI is InChI=1S/C16H11F6NO2/c17-15(18,19)9-25-13-7-6-11(16(20,21)22)8-12(13)23-14(24)10-4-2-1-3-5-10/h1-8H,9H2,(H,23,24). The number of ether oxygens (including phenoxy) is 1. The van der Waals surface area contributed by atoms with Gasteiger partial charge in [0.05, 0.1) is 11.3 Å². The Morgan fingerprint density at radius 3 is 2.16 bits per heavy atom. The van der Waals surface area contributed by atoms with Gasteiger partial charge in [-0.05, 0) is 30.3 Å². The van der Waals surface area contributed by atoms with Crippen LogP contribution in [0.1, 0.15) is 15.9 Å². The zero-order chi connectivity index (χ0) is 18.7. The Hall–Kier alpha value is -2.71. The van der Waals surface area contributed by atoms with Crippen LogP contribution in [0.4, 0.5) is 32.0 Å². The Balaban J connectivity index is 2.32. The number of nitrogens with one attached hydrogen (secondary N) is 1. The summed E-state index contributed by atoms with van der Waals surface area (Å²) in [4.78, 5) is 12.1. The highest BCUT2D eigenvalue weighted by Crippen LogP contribution is 2.35. The molecule has 2 aromatic rings. The van der Waals surface area contributed by atoms with E-state index in [-0.39, 0.29) is 5.56 Å². The normalized spacial score (nSPS) is 11.9. The molecule has 0 saturated carbocycles. The number of halogens is 6. The van der Waals surface area contributed by atoms with E-state index < -0.39 is 41.9 Å². The first-order valence-electron chi connectivity index (χ1n) is 6.83. The van der Waals surface area contributed by atoms with Crippen LogP contribution in [0.25, 0.3) is 0 Å². The lowest BCUT2D eigenvalue weighted by Crippen LogP contribution is -2.21. The van der Waals surface area contributed by atoms with Crippen molar-refractivity contribution < 1.29 is 35.9 Å². The maximum Gasteiger partial charge on any atom is 0.422 e. The molecule has 0 aliphatic rings. The molecule has 0 saturated heterocycles. The predicted octanol–water partition coefficient (Wildman–Crippen LogP) is 4.90. The van der Waals surface area contributed by atoms with Crippen molar-refractivity contribution in [3.63, 3.8) is 0 Å². The lowest BCUT2D eigenvalue weighted by molar-refractivity contribution is -0.153. The minimum atomic E-state index is -4.73. The Morgan fingerprint density at radius 2 is 1.60 bits per heavy atom. The highest BCUT2D eigenvalue weighted by Gasteiger charge is 2.32. The van der Waals surface area contributed by atoms with Crippen LogP contribution < -0.4 is 10.1 Å². The summed E-state index contributed by atoms with van der Waals surface area (Å²) >= 11 is 0. The molecule has 0 radical (unpaired) electrons. The molecule has 0 aliphatic heterocycles. The number of alkyl halides is 6. The highest BCUT2D eigenvalue weighted by molar-refractivity contribution is 6.05. The summed E-state index contributed by atoms with van der Waals surface area (Å²) in [5.41, 5.74) is -1.51. The second-order valence-electron chi connectivity index (χ2n) is 4.93. The van der Waals surface area contributed by atoms with Crippen LogP contribution in [0, 0.1) is 0 Å². The fourth-order valence-electron chi connectivity index (χ4n) is 1.87. The SMILES string of the molecule is O=C(Nc1cc(C(F)(F)F)ccc1OCC(F)(F)F)c1ccccc1. The van der Waals surface area contributed by atoms with E-state index in [1.54, 1.807) is 6.07 Å². The van der Waals surface area contributed by atoms with Gasteiger partial charge in [-0.3, -0.25) is 4.79 Å². The van der Waals surface area contributed by atoms with Gasteiger partial charge in [-0.15, -0.1) is 0 Å². The maximum atomic E-state index is 12.8. The summed E-state index contributed by atoms with van der Waals surface area (Å²) in [6.45, 7) is -1.70. The van der Waals surface area contributed by atoms with E-state index in [0.29, 0.717) is 12.1 Å².